The first-order valence-corrected chi connectivity index (χ1v) is 18.7. The number of furan rings is 1. The molecule has 3 heterocycles. The maximum absolute atomic E-state index is 6.62. The van der Waals surface area contributed by atoms with Crippen LogP contribution in [0.4, 0.5) is 0 Å². The van der Waals surface area contributed by atoms with Gasteiger partial charge in [0.05, 0.1) is 11.0 Å². The maximum Gasteiger partial charge on any atom is 0.238 e. The van der Waals surface area contributed by atoms with Crippen LogP contribution in [0.5, 0.6) is 0 Å². The third-order valence-electron chi connectivity index (χ3n) is 12.1. The molecule has 15 heteroatoms. The highest BCUT2D eigenvalue weighted by Crippen LogP contribution is 2.37. The highest BCUT2D eigenvalue weighted by atomic mass is 16.3. The zero-order chi connectivity index (χ0) is 38.2. The van der Waals surface area contributed by atoms with Gasteiger partial charge in [-0.3, -0.25) is 4.57 Å². The third kappa shape index (κ3) is 5.59. The van der Waals surface area contributed by atoms with Crippen molar-refractivity contribution in [1.82, 2.24) is 19.5 Å². The van der Waals surface area contributed by atoms with Crippen LogP contribution in [0.1, 0.15) is 5.56 Å². The molecule has 0 aliphatic heterocycles. The Morgan fingerprint density at radius 3 is 1.78 bits per heavy atom. The molecule has 0 fully saturated rings. The molecule has 54 heavy (non-hydrogen) atoms. The van der Waals surface area contributed by atoms with Crippen molar-refractivity contribution < 1.29 is 4.42 Å². The van der Waals surface area contributed by atoms with Gasteiger partial charge in [-0.05, 0) is 35.9 Å². The molecule has 0 atom stereocenters. The number of hydrogen-bond acceptors (Lipinski definition) is 4. The minimum atomic E-state index is 0.582. The molecule has 0 saturated carbocycles. The molecule has 0 bridgehead atoms. The average Bonchev–Trinajstić information content (AvgIpc) is 3.73. The van der Waals surface area contributed by atoms with E-state index in [9.17, 15) is 0 Å². The molecule has 0 N–H and O–H groups in total. The Balaban J connectivity index is 1.38. The van der Waals surface area contributed by atoms with Crippen LogP contribution in [0.3, 0.4) is 0 Å². The van der Waals surface area contributed by atoms with E-state index in [4.69, 9.17) is 19.4 Å². The molecular weight excluding hydrogens is 649 g/mol. The fraction of sp³-hybridized carbons (Fsp3) is 0. The van der Waals surface area contributed by atoms with Crippen molar-refractivity contribution in [3.8, 4) is 28.7 Å². The van der Waals surface area contributed by atoms with Crippen LogP contribution in [0.2, 0.25) is 0 Å². The minimum absolute atomic E-state index is 0.582. The monoisotopic (exact) mass is 686 g/mol. The molecular formula is C39H36B10N4O. The summed E-state index contributed by atoms with van der Waals surface area (Å²) >= 11 is 0. The van der Waals surface area contributed by atoms with Crippen LogP contribution in [0.15, 0.2) is 118 Å². The molecule has 0 spiro atoms. The van der Waals surface area contributed by atoms with Gasteiger partial charge in [0.25, 0.3) is 0 Å². The van der Waals surface area contributed by atoms with Crippen molar-refractivity contribution in [2.45, 2.75) is 0 Å². The lowest BCUT2D eigenvalue weighted by molar-refractivity contribution is 0.669. The Bertz CT molecular complexity index is 2900. The van der Waals surface area contributed by atoms with E-state index in [2.05, 4.69) is 175 Å². The Hall–Kier alpha value is -5.42. The van der Waals surface area contributed by atoms with Crippen LogP contribution in [-0.2, 0) is 0 Å². The van der Waals surface area contributed by atoms with E-state index in [0.29, 0.717) is 17.6 Å². The molecule has 0 radical (unpaired) electrons. The van der Waals surface area contributed by atoms with Crippen molar-refractivity contribution in [2.75, 3.05) is 0 Å². The average molecular weight is 685 g/mol. The predicted octanol–water partition coefficient (Wildman–Crippen LogP) is -3.95. The van der Waals surface area contributed by atoms with Gasteiger partial charge in [-0.15, -0.1) is 44.9 Å². The van der Waals surface area contributed by atoms with Gasteiger partial charge in [-0.1, -0.05) is 71.0 Å². The molecule has 0 unspecified atom stereocenters. The second kappa shape index (κ2) is 13.5. The highest BCUT2D eigenvalue weighted by molar-refractivity contribution is 6.68. The van der Waals surface area contributed by atoms with E-state index < -0.39 is 0 Å². The van der Waals surface area contributed by atoms with Crippen molar-refractivity contribution >= 4 is 155 Å². The van der Waals surface area contributed by atoms with E-state index >= 15 is 0 Å². The normalized spacial score (nSPS) is 12.7. The lowest BCUT2D eigenvalue weighted by Gasteiger charge is -2.20. The molecule has 0 aliphatic carbocycles. The molecule has 0 aliphatic rings. The Kier molecular flexibility index (Phi) is 8.87. The molecule has 248 valence electrons. The van der Waals surface area contributed by atoms with E-state index in [1.807, 2.05) is 0 Å². The summed E-state index contributed by atoms with van der Waals surface area (Å²) in [5.41, 5.74) is 19.0. The van der Waals surface area contributed by atoms with E-state index in [0.717, 1.165) is 65.9 Å². The molecule has 5 nitrogen and oxygen atoms in total. The first-order chi connectivity index (χ1) is 25.9. The van der Waals surface area contributed by atoms with Crippen molar-refractivity contribution in [3.05, 3.63) is 119 Å². The Labute approximate surface area is 325 Å². The number of fused-ring (bicyclic) bond motifs is 6. The van der Waals surface area contributed by atoms with Gasteiger partial charge in [0.15, 0.2) is 11.6 Å². The molecule has 8 aromatic rings. The summed E-state index contributed by atoms with van der Waals surface area (Å²) in [6.45, 7) is 4.18. The molecule has 5 aromatic carbocycles. The number of nitrogens with zero attached hydrogens (tertiary/aromatic N) is 4. The SMILES string of the molecule is BC(=C)/C(B)=C(B)\C(B)=C(/B)c1cccc2oc3cc(-c4nc(-c5c(B)c(B)c(B)c(B)c5B)nc(-n5c6ccccc6c6ccccc65)n4)ccc3c12. The van der Waals surface area contributed by atoms with Crippen LogP contribution in [0, 0.1) is 0 Å². The number of benzene rings is 5. The number of hydrogen-bond donors (Lipinski definition) is 0. The van der Waals surface area contributed by atoms with E-state index in [-0.39, 0.29) is 0 Å². The molecule has 3 aromatic heterocycles. The summed E-state index contributed by atoms with van der Waals surface area (Å²) in [7, 11) is 21.7. The molecule has 0 amide bonds. The summed E-state index contributed by atoms with van der Waals surface area (Å²) in [6, 6.07) is 29.6. The highest BCUT2D eigenvalue weighted by Gasteiger charge is 2.22. The predicted molar refractivity (Wildman–Crippen MR) is 259 cm³/mol. The maximum atomic E-state index is 6.62. The second-order valence-electron chi connectivity index (χ2n) is 14.9. The zero-order valence-electron chi connectivity index (χ0n) is 33.0. The van der Waals surface area contributed by atoms with Crippen molar-refractivity contribution in [3.63, 3.8) is 0 Å². The lowest BCUT2D eigenvalue weighted by Crippen LogP contribution is -2.55. The lowest BCUT2D eigenvalue weighted by atomic mass is 9.60. The minimum Gasteiger partial charge on any atom is -0.456 e. The fourth-order valence-corrected chi connectivity index (χ4v) is 8.04. The summed E-state index contributed by atoms with van der Waals surface area (Å²) in [5.74, 6) is 1.84. The third-order valence-corrected chi connectivity index (χ3v) is 12.1. The first kappa shape index (κ1) is 35.6. The van der Waals surface area contributed by atoms with E-state index in [1.165, 1.54) is 49.2 Å². The number of para-hydroxylation sites is 2. The standard InChI is InChI=1S/C39H36B10N4O/c1-16(40)28(41)32(45)33(46)29(42)21-9-6-12-24-26(21)20-14-13-17(15-25(20)54-24)37-50-38(27-30(43)34(47)36(49)35(48)31(27)44)52-39(51-37)53-22-10-4-2-7-18(22)19-8-3-5-11-23(19)53/h2-15H,1,40-49H2/b32-28-,33-29+. The summed E-state index contributed by atoms with van der Waals surface area (Å²) in [6.07, 6.45) is 0. The van der Waals surface area contributed by atoms with Gasteiger partial charge >= 0.3 is 0 Å². The van der Waals surface area contributed by atoms with E-state index in [1.54, 1.807) is 0 Å². The van der Waals surface area contributed by atoms with Crippen molar-refractivity contribution in [1.29, 1.82) is 0 Å². The smallest absolute Gasteiger partial charge is 0.238 e. The van der Waals surface area contributed by atoms with Crippen LogP contribution < -0.4 is 27.3 Å². The van der Waals surface area contributed by atoms with Crippen LogP contribution in [0.25, 0.3) is 77.9 Å². The van der Waals surface area contributed by atoms with Crippen LogP contribution in [-0.4, -0.2) is 98.0 Å². The van der Waals surface area contributed by atoms with Crippen LogP contribution >= 0.6 is 0 Å². The zero-order valence-corrected chi connectivity index (χ0v) is 33.0. The summed E-state index contributed by atoms with van der Waals surface area (Å²) in [4.78, 5) is 15.8. The van der Waals surface area contributed by atoms with Gasteiger partial charge < -0.3 is 4.42 Å². The van der Waals surface area contributed by atoms with Gasteiger partial charge in [-0.25, -0.2) is 4.98 Å². The van der Waals surface area contributed by atoms with Gasteiger partial charge in [-0.2, -0.15) is 9.97 Å². The second-order valence-corrected chi connectivity index (χ2v) is 14.9. The summed E-state index contributed by atoms with van der Waals surface area (Å²) in [5, 5.41) is 4.48. The number of allylic oxidation sites excluding steroid dienone is 4. The van der Waals surface area contributed by atoms with Gasteiger partial charge in [0.1, 0.15) is 89.6 Å². The largest absolute Gasteiger partial charge is 0.456 e. The fourth-order valence-electron chi connectivity index (χ4n) is 8.04. The number of aromatic nitrogens is 4. The molecule has 0 saturated heterocycles. The quantitative estimate of drug-likeness (QED) is 0.133. The number of rotatable bonds is 6. The first-order valence-electron chi connectivity index (χ1n) is 18.7. The topological polar surface area (TPSA) is 56.7 Å². The summed E-state index contributed by atoms with van der Waals surface area (Å²) < 4.78 is 8.80. The van der Waals surface area contributed by atoms with Crippen molar-refractivity contribution in [2.24, 2.45) is 0 Å². The van der Waals surface area contributed by atoms with Gasteiger partial charge in [0, 0.05) is 32.7 Å². The van der Waals surface area contributed by atoms with Gasteiger partial charge in [0.2, 0.25) is 5.95 Å². The Morgan fingerprint density at radius 1 is 0.556 bits per heavy atom. The molecule has 8 rings (SSSR count). The Morgan fingerprint density at radius 2 is 1.15 bits per heavy atom.